The molecule has 1 aliphatic heterocycles. The molecule has 1 amide bonds. The number of para-hydroxylation sites is 1. The topological polar surface area (TPSA) is 69.7 Å². The standard InChI is InChI=1S/C23H31N3O3S/c1-18-11-13-21(14-12-18)26(30(3,28)29)19(2)23(27)24-15-7-17-25-16-6-9-20-8-4-5-10-22(20)25/h4-5,8,10-14,19H,6-7,9,15-17H2,1-3H3,(H,24,27)/t19-/m1/s1. The maximum Gasteiger partial charge on any atom is 0.243 e. The Balaban J connectivity index is 1.57. The molecule has 1 aliphatic rings. The Kier molecular flexibility index (Phi) is 7.02. The molecule has 0 fully saturated rings. The van der Waals surface area contributed by atoms with Crippen LogP contribution in [0.25, 0.3) is 0 Å². The lowest BCUT2D eigenvalue weighted by Gasteiger charge is -2.31. The number of hydrogen-bond donors (Lipinski definition) is 1. The summed E-state index contributed by atoms with van der Waals surface area (Å²) >= 11 is 0. The van der Waals surface area contributed by atoms with Crippen LogP contribution in [0, 0.1) is 6.92 Å². The van der Waals surface area contributed by atoms with E-state index in [1.54, 1.807) is 19.1 Å². The number of carbonyl (C=O) groups excluding carboxylic acids is 1. The molecule has 0 aliphatic carbocycles. The van der Waals surface area contributed by atoms with E-state index in [0.29, 0.717) is 12.2 Å². The van der Waals surface area contributed by atoms with Crippen molar-refractivity contribution >= 4 is 27.3 Å². The van der Waals surface area contributed by atoms with E-state index in [9.17, 15) is 13.2 Å². The number of fused-ring (bicyclic) bond motifs is 1. The summed E-state index contributed by atoms with van der Waals surface area (Å²) in [6.07, 6.45) is 4.18. The van der Waals surface area contributed by atoms with Crippen LogP contribution in [-0.4, -0.2) is 46.3 Å². The number of hydrogen-bond acceptors (Lipinski definition) is 4. The second-order valence-corrected chi connectivity index (χ2v) is 9.79. The van der Waals surface area contributed by atoms with Crippen molar-refractivity contribution in [2.45, 2.75) is 39.2 Å². The van der Waals surface area contributed by atoms with Crippen molar-refractivity contribution in [3.05, 3.63) is 59.7 Å². The van der Waals surface area contributed by atoms with Gasteiger partial charge in [-0.15, -0.1) is 0 Å². The zero-order valence-electron chi connectivity index (χ0n) is 18.0. The number of nitrogens with one attached hydrogen (secondary N) is 1. The lowest BCUT2D eigenvalue weighted by Crippen LogP contribution is -2.48. The average molecular weight is 430 g/mol. The third kappa shape index (κ3) is 5.33. The monoisotopic (exact) mass is 429 g/mol. The van der Waals surface area contributed by atoms with Crippen molar-refractivity contribution in [1.29, 1.82) is 0 Å². The Morgan fingerprint density at radius 2 is 1.87 bits per heavy atom. The molecule has 1 heterocycles. The van der Waals surface area contributed by atoms with E-state index in [0.717, 1.165) is 44.2 Å². The Bertz CT molecular complexity index is 973. The van der Waals surface area contributed by atoms with Gasteiger partial charge in [0.25, 0.3) is 0 Å². The Hall–Kier alpha value is -2.54. The van der Waals surface area contributed by atoms with Gasteiger partial charge in [-0.05, 0) is 56.9 Å². The molecule has 1 atom stereocenters. The van der Waals surface area contributed by atoms with E-state index < -0.39 is 16.1 Å². The number of benzene rings is 2. The molecule has 6 nitrogen and oxygen atoms in total. The van der Waals surface area contributed by atoms with Crippen molar-refractivity contribution in [2.24, 2.45) is 0 Å². The third-order valence-corrected chi connectivity index (χ3v) is 6.73. The molecule has 0 radical (unpaired) electrons. The number of aryl methyl sites for hydroxylation is 2. The van der Waals surface area contributed by atoms with Gasteiger partial charge in [-0.3, -0.25) is 9.10 Å². The molecule has 162 valence electrons. The zero-order chi connectivity index (χ0) is 21.7. The average Bonchev–Trinajstić information content (AvgIpc) is 2.71. The van der Waals surface area contributed by atoms with Gasteiger partial charge in [0.05, 0.1) is 11.9 Å². The molecular weight excluding hydrogens is 398 g/mol. The second kappa shape index (κ2) is 9.51. The molecular formula is C23H31N3O3S. The van der Waals surface area contributed by atoms with E-state index in [2.05, 4.69) is 34.5 Å². The van der Waals surface area contributed by atoms with E-state index in [1.165, 1.54) is 15.6 Å². The van der Waals surface area contributed by atoms with Gasteiger partial charge in [-0.1, -0.05) is 35.9 Å². The molecule has 30 heavy (non-hydrogen) atoms. The van der Waals surface area contributed by atoms with E-state index >= 15 is 0 Å². The van der Waals surface area contributed by atoms with Gasteiger partial charge in [-0.2, -0.15) is 0 Å². The molecule has 0 spiro atoms. The molecule has 0 unspecified atom stereocenters. The fourth-order valence-electron chi connectivity index (χ4n) is 3.97. The predicted molar refractivity (Wildman–Crippen MR) is 123 cm³/mol. The second-order valence-electron chi connectivity index (χ2n) is 7.93. The molecule has 0 saturated heterocycles. The molecule has 0 bridgehead atoms. The van der Waals surface area contributed by atoms with Crippen molar-refractivity contribution in [1.82, 2.24) is 5.32 Å². The van der Waals surface area contributed by atoms with Gasteiger partial charge in [0.15, 0.2) is 0 Å². The zero-order valence-corrected chi connectivity index (χ0v) is 18.8. The minimum atomic E-state index is -3.59. The van der Waals surface area contributed by atoms with Crippen molar-refractivity contribution in [3.8, 4) is 0 Å². The summed E-state index contributed by atoms with van der Waals surface area (Å²) in [5.74, 6) is -0.292. The quantitative estimate of drug-likeness (QED) is 0.655. The van der Waals surface area contributed by atoms with Crippen LogP contribution in [0.2, 0.25) is 0 Å². The Morgan fingerprint density at radius 3 is 2.57 bits per heavy atom. The summed E-state index contributed by atoms with van der Waals surface area (Å²) in [5, 5.41) is 2.91. The lowest BCUT2D eigenvalue weighted by atomic mass is 10.0. The molecule has 1 N–H and O–H groups in total. The molecule has 3 rings (SSSR count). The molecule has 7 heteroatoms. The van der Waals surface area contributed by atoms with Gasteiger partial charge >= 0.3 is 0 Å². The van der Waals surface area contributed by atoms with Crippen LogP contribution in [0.1, 0.15) is 30.9 Å². The fourth-order valence-corrected chi connectivity index (χ4v) is 5.15. The summed E-state index contributed by atoms with van der Waals surface area (Å²) < 4.78 is 25.9. The summed E-state index contributed by atoms with van der Waals surface area (Å²) in [5.41, 5.74) is 4.19. The highest BCUT2D eigenvalue weighted by Gasteiger charge is 2.28. The van der Waals surface area contributed by atoms with Crippen LogP contribution in [0.5, 0.6) is 0 Å². The van der Waals surface area contributed by atoms with Gasteiger partial charge in [0, 0.05) is 25.3 Å². The normalized spacial score (nSPS) is 14.7. The third-order valence-electron chi connectivity index (χ3n) is 5.49. The highest BCUT2D eigenvalue weighted by Crippen LogP contribution is 2.26. The Labute approximate surface area is 179 Å². The van der Waals surface area contributed by atoms with Crippen molar-refractivity contribution < 1.29 is 13.2 Å². The minimum Gasteiger partial charge on any atom is -0.371 e. The molecule has 2 aromatic rings. The van der Waals surface area contributed by atoms with Crippen LogP contribution in [-0.2, 0) is 21.2 Å². The molecule has 2 aromatic carbocycles. The highest BCUT2D eigenvalue weighted by molar-refractivity contribution is 7.92. The van der Waals surface area contributed by atoms with E-state index in [1.807, 2.05) is 19.1 Å². The van der Waals surface area contributed by atoms with Crippen LogP contribution in [0.15, 0.2) is 48.5 Å². The fraction of sp³-hybridized carbons (Fsp3) is 0.435. The predicted octanol–water partition coefficient (Wildman–Crippen LogP) is 3.11. The number of amides is 1. The first kappa shape index (κ1) is 22.2. The van der Waals surface area contributed by atoms with E-state index in [4.69, 9.17) is 0 Å². The highest BCUT2D eigenvalue weighted by atomic mass is 32.2. The lowest BCUT2D eigenvalue weighted by molar-refractivity contribution is -0.121. The molecule has 0 saturated carbocycles. The maximum atomic E-state index is 12.7. The summed E-state index contributed by atoms with van der Waals surface area (Å²) in [4.78, 5) is 15.1. The van der Waals surface area contributed by atoms with Crippen LogP contribution < -0.4 is 14.5 Å². The van der Waals surface area contributed by atoms with Crippen molar-refractivity contribution in [2.75, 3.05) is 35.1 Å². The first-order valence-electron chi connectivity index (χ1n) is 10.4. The van der Waals surface area contributed by atoms with Crippen LogP contribution in [0.3, 0.4) is 0 Å². The smallest absolute Gasteiger partial charge is 0.243 e. The summed E-state index contributed by atoms with van der Waals surface area (Å²) in [6, 6.07) is 14.8. The van der Waals surface area contributed by atoms with Gasteiger partial charge in [-0.25, -0.2) is 8.42 Å². The van der Waals surface area contributed by atoms with E-state index in [-0.39, 0.29) is 5.91 Å². The molecule has 0 aromatic heterocycles. The number of sulfonamides is 1. The summed E-state index contributed by atoms with van der Waals surface area (Å²) in [7, 11) is -3.59. The maximum absolute atomic E-state index is 12.7. The van der Waals surface area contributed by atoms with Crippen LogP contribution >= 0.6 is 0 Å². The first-order valence-corrected chi connectivity index (χ1v) is 12.3. The van der Waals surface area contributed by atoms with Gasteiger partial charge in [0.1, 0.15) is 6.04 Å². The van der Waals surface area contributed by atoms with Gasteiger partial charge < -0.3 is 10.2 Å². The largest absolute Gasteiger partial charge is 0.371 e. The first-order chi connectivity index (χ1) is 14.3. The summed E-state index contributed by atoms with van der Waals surface area (Å²) in [6.45, 7) is 5.95. The Morgan fingerprint density at radius 1 is 1.17 bits per heavy atom. The number of carbonyl (C=O) groups is 1. The SMILES string of the molecule is Cc1ccc(N([C@H](C)C(=O)NCCCN2CCCc3ccccc32)S(C)(=O)=O)cc1. The number of rotatable bonds is 8. The number of nitrogens with zero attached hydrogens (tertiary/aromatic N) is 2. The van der Waals surface area contributed by atoms with Crippen LogP contribution in [0.4, 0.5) is 11.4 Å². The number of anilines is 2. The van der Waals surface area contributed by atoms with Crippen molar-refractivity contribution in [3.63, 3.8) is 0 Å². The van der Waals surface area contributed by atoms with Gasteiger partial charge in [0.2, 0.25) is 15.9 Å². The minimum absolute atomic E-state index is 0.292.